The van der Waals surface area contributed by atoms with Gasteiger partial charge >= 0.3 is 0 Å². The second-order valence-corrected chi connectivity index (χ2v) is 19.9. The van der Waals surface area contributed by atoms with Gasteiger partial charge in [0.25, 0.3) is 0 Å². The SMILES string of the molecule is CCCC(c1cc(C(C)(C)C)c(O)cc1C)C(c1cc(C(C)(C)C)c(O)cc1C)(c1cc(C(C)(C)C)c(O)cc1C)c1cc(C(C)(C)C)c(O)cc1C. The number of rotatable bonds is 7. The first kappa shape index (κ1) is 41.8. The molecule has 0 spiro atoms. The molecule has 0 heterocycles. The minimum Gasteiger partial charge on any atom is -0.508 e. The van der Waals surface area contributed by atoms with Crippen LogP contribution in [0.1, 0.15) is 176 Å². The summed E-state index contributed by atoms with van der Waals surface area (Å²) in [7, 11) is 0. The third-order valence-corrected chi connectivity index (χ3v) is 11.4. The van der Waals surface area contributed by atoms with Gasteiger partial charge in [0.2, 0.25) is 0 Å². The fourth-order valence-electron chi connectivity index (χ4n) is 8.73. The molecule has 4 heteroatoms. The van der Waals surface area contributed by atoms with Gasteiger partial charge in [-0.1, -0.05) is 121 Å². The van der Waals surface area contributed by atoms with Crippen molar-refractivity contribution in [3.05, 3.63) is 115 Å². The van der Waals surface area contributed by atoms with E-state index in [-0.39, 0.29) is 44.8 Å². The van der Waals surface area contributed by atoms with Crippen molar-refractivity contribution in [3.63, 3.8) is 0 Å². The summed E-state index contributed by atoms with van der Waals surface area (Å²) in [5.41, 5.74) is 9.40. The molecule has 0 aromatic heterocycles. The van der Waals surface area contributed by atoms with Crippen LogP contribution in [0.25, 0.3) is 0 Å². The maximum atomic E-state index is 11.6. The van der Waals surface area contributed by atoms with Gasteiger partial charge in [-0.25, -0.2) is 0 Å². The minimum absolute atomic E-state index is 0.169. The monoisotopic (exact) mass is 721 g/mol. The molecule has 0 bridgehead atoms. The van der Waals surface area contributed by atoms with E-state index < -0.39 is 5.41 Å². The van der Waals surface area contributed by atoms with Gasteiger partial charge in [0, 0.05) is 5.92 Å². The smallest absolute Gasteiger partial charge is 0.119 e. The molecule has 288 valence electrons. The van der Waals surface area contributed by atoms with Crippen molar-refractivity contribution in [3.8, 4) is 23.0 Å². The van der Waals surface area contributed by atoms with Gasteiger partial charge in [0.05, 0.1) is 5.41 Å². The molecule has 4 nitrogen and oxygen atoms in total. The lowest BCUT2D eigenvalue weighted by Gasteiger charge is -2.47. The third kappa shape index (κ3) is 7.71. The number of phenolic OH excluding ortho intramolecular Hbond substituents is 4. The lowest BCUT2D eigenvalue weighted by Crippen LogP contribution is -2.40. The molecule has 0 fully saturated rings. The molecule has 4 aromatic rings. The molecule has 0 aliphatic carbocycles. The largest absolute Gasteiger partial charge is 0.508 e. The van der Waals surface area contributed by atoms with Crippen molar-refractivity contribution < 1.29 is 20.4 Å². The molecule has 0 radical (unpaired) electrons. The van der Waals surface area contributed by atoms with Crippen LogP contribution in [0.5, 0.6) is 23.0 Å². The third-order valence-electron chi connectivity index (χ3n) is 11.4. The highest BCUT2D eigenvalue weighted by Gasteiger charge is 2.49. The van der Waals surface area contributed by atoms with Crippen LogP contribution in [0, 0.1) is 27.7 Å². The van der Waals surface area contributed by atoms with Gasteiger partial charge in [-0.15, -0.1) is 0 Å². The molecule has 4 N–H and O–H groups in total. The summed E-state index contributed by atoms with van der Waals surface area (Å²) in [5.74, 6) is 0.933. The van der Waals surface area contributed by atoms with Crippen molar-refractivity contribution in [2.24, 2.45) is 0 Å². The van der Waals surface area contributed by atoms with E-state index in [4.69, 9.17) is 0 Å². The molecule has 4 aromatic carbocycles. The van der Waals surface area contributed by atoms with Crippen LogP contribution >= 0.6 is 0 Å². The van der Waals surface area contributed by atoms with Gasteiger partial charge in [0.1, 0.15) is 23.0 Å². The predicted octanol–water partition coefficient (Wildman–Crippen LogP) is 12.9. The lowest BCUT2D eigenvalue weighted by atomic mass is 9.55. The number of hydrogen-bond donors (Lipinski definition) is 4. The predicted molar refractivity (Wildman–Crippen MR) is 224 cm³/mol. The summed E-state index contributed by atoms with van der Waals surface area (Å²) < 4.78 is 0. The number of benzene rings is 4. The van der Waals surface area contributed by atoms with Crippen molar-refractivity contribution in [2.75, 3.05) is 0 Å². The molecule has 53 heavy (non-hydrogen) atoms. The van der Waals surface area contributed by atoms with Gasteiger partial charge < -0.3 is 20.4 Å². The van der Waals surface area contributed by atoms with E-state index in [0.29, 0.717) is 5.75 Å². The van der Waals surface area contributed by atoms with Gasteiger partial charge in [-0.2, -0.15) is 0 Å². The highest BCUT2D eigenvalue weighted by Crippen LogP contribution is 2.58. The molecule has 1 unspecified atom stereocenters. The first-order valence-corrected chi connectivity index (χ1v) is 19.5. The van der Waals surface area contributed by atoms with E-state index in [2.05, 4.69) is 142 Å². The van der Waals surface area contributed by atoms with Crippen LogP contribution in [-0.4, -0.2) is 20.4 Å². The Balaban J connectivity index is 2.53. The molecule has 0 saturated heterocycles. The average Bonchev–Trinajstić information content (AvgIpc) is 2.96. The first-order valence-electron chi connectivity index (χ1n) is 19.5. The molecule has 0 aliphatic rings. The van der Waals surface area contributed by atoms with Crippen molar-refractivity contribution >= 4 is 0 Å². The molecule has 0 saturated carbocycles. The van der Waals surface area contributed by atoms with Crippen LogP contribution in [0.2, 0.25) is 0 Å². The Hall–Kier alpha value is -3.92. The Morgan fingerprint density at radius 3 is 0.925 bits per heavy atom. The molecule has 0 amide bonds. The van der Waals surface area contributed by atoms with E-state index in [9.17, 15) is 20.4 Å². The maximum absolute atomic E-state index is 11.6. The van der Waals surface area contributed by atoms with Crippen LogP contribution in [0.3, 0.4) is 0 Å². The van der Waals surface area contributed by atoms with Crippen molar-refractivity contribution in [1.29, 1.82) is 0 Å². The summed E-state index contributed by atoms with van der Waals surface area (Å²) in [6, 6.07) is 16.7. The van der Waals surface area contributed by atoms with E-state index in [0.717, 1.165) is 79.6 Å². The first-order chi connectivity index (χ1) is 24.1. The standard InChI is InChI=1S/C49H68O4/c1-18-19-33(32-24-37(45(6,7)8)41(50)20-28(32)2)49(34-25-38(46(9,10)11)42(51)21-29(34)3,35-26-39(47(12,13)14)43(52)22-30(35)4)36-27-40(48(15,16)17)44(53)23-31(36)5/h20-27,33,50-53H,18-19H2,1-17H3. The van der Waals surface area contributed by atoms with Crippen LogP contribution < -0.4 is 0 Å². The summed E-state index contributed by atoms with van der Waals surface area (Å²) in [5, 5.41) is 46.3. The molecular formula is C49H68O4. The van der Waals surface area contributed by atoms with Crippen LogP contribution in [-0.2, 0) is 27.1 Å². The zero-order valence-electron chi connectivity index (χ0n) is 35.9. The molecular weight excluding hydrogens is 653 g/mol. The fraction of sp³-hybridized carbons (Fsp3) is 0.510. The highest BCUT2D eigenvalue weighted by atomic mass is 16.3. The van der Waals surface area contributed by atoms with E-state index in [1.165, 1.54) is 0 Å². The van der Waals surface area contributed by atoms with E-state index >= 15 is 0 Å². The molecule has 1 atom stereocenters. The van der Waals surface area contributed by atoms with Crippen LogP contribution in [0.4, 0.5) is 0 Å². The van der Waals surface area contributed by atoms with E-state index in [1.807, 2.05) is 24.3 Å². The summed E-state index contributed by atoms with van der Waals surface area (Å²) in [4.78, 5) is 0. The number of aromatic hydroxyl groups is 4. The van der Waals surface area contributed by atoms with Gasteiger partial charge in [-0.3, -0.25) is 0 Å². The normalized spacial score (nSPS) is 13.8. The van der Waals surface area contributed by atoms with Crippen molar-refractivity contribution in [1.82, 2.24) is 0 Å². The number of hydrogen-bond acceptors (Lipinski definition) is 4. The average molecular weight is 721 g/mol. The Morgan fingerprint density at radius 1 is 0.396 bits per heavy atom. The maximum Gasteiger partial charge on any atom is 0.119 e. The fourth-order valence-corrected chi connectivity index (χ4v) is 8.73. The van der Waals surface area contributed by atoms with Crippen LogP contribution in [0.15, 0.2) is 48.5 Å². The second kappa shape index (κ2) is 14.1. The Labute approximate surface area is 321 Å². The summed E-state index contributed by atoms with van der Waals surface area (Å²) in [6.07, 6.45) is 1.68. The van der Waals surface area contributed by atoms with Gasteiger partial charge in [0.15, 0.2) is 0 Å². The minimum atomic E-state index is -0.889. The Kier molecular flexibility index (Phi) is 11.1. The van der Waals surface area contributed by atoms with Crippen molar-refractivity contribution in [2.45, 2.75) is 164 Å². The highest BCUT2D eigenvalue weighted by molar-refractivity contribution is 5.67. The summed E-state index contributed by atoms with van der Waals surface area (Å²) >= 11 is 0. The van der Waals surface area contributed by atoms with E-state index in [1.54, 1.807) is 0 Å². The zero-order chi connectivity index (χ0) is 40.4. The zero-order valence-corrected chi connectivity index (χ0v) is 35.9. The number of phenols is 4. The quantitative estimate of drug-likeness (QED) is 0.143. The molecule has 4 rings (SSSR count). The molecule has 0 aliphatic heterocycles. The summed E-state index contributed by atoms with van der Waals surface area (Å²) in [6.45, 7) is 36.3. The van der Waals surface area contributed by atoms with Gasteiger partial charge in [-0.05, 0) is 147 Å². The second-order valence-electron chi connectivity index (χ2n) is 19.9. The Morgan fingerprint density at radius 2 is 0.660 bits per heavy atom. The lowest BCUT2D eigenvalue weighted by molar-refractivity contribution is 0.414. The topological polar surface area (TPSA) is 80.9 Å². The number of aryl methyl sites for hydroxylation is 4. The Bertz CT molecular complexity index is 1830.